The van der Waals surface area contributed by atoms with Crippen molar-refractivity contribution >= 4 is 11.6 Å². The number of carbonyl (C=O) groups is 1. The molecule has 1 amide bonds. The lowest BCUT2D eigenvalue weighted by molar-refractivity contribution is 0.0949. The van der Waals surface area contributed by atoms with E-state index in [1.807, 2.05) is 64.9 Å². The maximum Gasteiger partial charge on any atom is 0.269 e. The Bertz CT molecular complexity index is 992. The van der Waals surface area contributed by atoms with E-state index in [1.165, 1.54) is 0 Å². The zero-order valence-corrected chi connectivity index (χ0v) is 13.8. The second kappa shape index (κ2) is 6.27. The van der Waals surface area contributed by atoms with Gasteiger partial charge in [-0.3, -0.25) is 9.89 Å². The summed E-state index contributed by atoms with van der Waals surface area (Å²) in [7, 11) is 1.94. The van der Waals surface area contributed by atoms with Crippen molar-refractivity contribution in [2.45, 2.75) is 6.42 Å². The highest BCUT2D eigenvalue weighted by Gasteiger charge is 2.12. The molecule has 0 saturated heterocycles. The number of H-pyrrole nitrogens is 1. The van der Waals surface area contributed by atoms with Crippen LogP contribution in [0, 0.1) is 0 Å². The van der Waals surface area contributed by atoms with Crippen LogP contribution in [0.5, 0.6) is 0 Å². The number of hydrogen-bond donors (Lipinski definition) is 2. The van der Waals surface area contributed by atoms with Gasteiger partial charge in [-0.05, 0) is 30.3 Å². The molecule has 0 atom stereocenters. The molecule has 0 bridgehead atoms. The van der Waals surface area contributed by atoms with Crippen molar-refractivity contribution in [1.82, 2.24) is 29.5 Å². The molecule has 0 radical (unpaired) electrons. The van der Waals surface area contributed by atoms with Crippen LogP contribution in [-0.2, 0) is 13.5 Å². The third-order valence-corrected chi connectivity index (χ3v) is 4.11. The minimum atomic E-state index is -0.170. The smallest absolute Gasteiger partial charge is 0.269 e. The van der Waals surface area contributed by atoms with Crippen LogP contribution in [0.25, 0.3) is 17.0 Å². The van der Waals surface area contributed by atoms with Crippen LogP contribution in [0.2, 0.25) is 0 Å². The molecule has 4 heterocycles. The first kappa shape index (κ1) is 15.2. The number of rotatable bonds is 5. The van der Waals surface area contributed by atoms with Crippen molar-refractivity contribution in [2.24, 2.45) is 7.05 Å². The van der Waals surface area contributed by atoms with Gasteiger partial charge in [-0.25, -0.2) is 4.98 Å². The van der Waals surface area contributed by atoms with Gasteiger partial charge in [0.2, 0.25) is 0 Å². The monoisotopic (exact) mass is 334 g/mol. The molecule has 4 rings (SSSR count). The van der Waals surface area contributed by atoms with Crippen molar-refractivity contribution in [2.75, 3.05) is 6.54 Å². The van der Waals surface area contributed by atoms with Gasteiger partial charge in [0.25, 0.3) is 5.91 Å². The largest absolute Gasteiger partial charge is 0.350 e. The molecule has 126 valence electrons. The number of fused-ring (bicyclic) bond motifs is 1. The van der Waals surface area contributed by atoms with Crippen molar-refractivity contribution < 1.29 is 4.79 Å². The predicted octanol–water partition coefficient (Wildman–Crippen LogP) is 2.04. The number of nitrogens with one attached hydrogen (secondary N) is 2. The minimum Gasteiger partial charge on any atom is -0.350 e. The summed E-state index contributed by atoms with van der Waals surface area (Å²) in [6.07, 6.45) is 6.55. The maximum absolute atomic E-state index is 12.3. The molecule has 4 aromatic rings. The fraction of sp³-hybridized carbons (Fsp3) is 0.167. The molecule has 4 aromatic heterocycles. The molecule has 7 nitrogen and oxygen atoms in total. The summed E-state index contributed by atoms with van der Waals surface area (Å²) < 4.78 is 3.93. The SMILES string of the molecule is Cn1cccc1-c1cc(C(=O)NCCc2cn3ccccc3n2)[nH]n1. The molecule has 0 fully saturated rings. The van der Waals surface area contributed by atoms with Gasteiger partial charge >= 0.3 is 0 Å². The molecule has 0 spiro atoms. The zero-order chi connectivity index (χ0) is 17.2. The van der Waals surface area contributed by atoms with Gasteiger partial charge in [-0.2, -0.15) is 5.10 Å². The molecule has 25 heavy (non-hydrogen) atoms. The van der Waals surface area contributed by atoms with Gasteiger partial charge in [0, 0.05) is 38.6 Å². The van der Waals surface area contributed by atoms with E-state index in [-0.39, 0.29) is 5.91 Å². The molecular weight excluding hydrogens is 316 g/mol. The molecule has 0 saturated carbocycles. The van der Waals surface area contributed by atoms with E-state index in [0.29, 0.717) is 18.7 Å². The number of imidazole rings is 1. The Morgan fingerprint density at radius 2 is 2.16 bits per heavy atom. The Morgan fingerprint density at radius 3 is 2.96 bits per heavy atom. The van der Waals surface area contributed by atoms with Crippen LogP contribution < -0.4 is 5.32 Å². The van der Waals surface area contributed by atoms with Gasteiger partial charge in [0.15, 0.2) is 0 Å². The molecule has 0 aliphatic heterocycles. The number of nitrogens with zero attached hydrogens (tertiary/aromatic N) is 4. The Hall–Kier alpha value is -3.35. The zero-order valence-electron chi connectivity index (χ0n) is 13.8. The Kier molecular flexibility index (Phi) is 3.81. The summed E-state index contributed by atoms with van der Waals surface area (Å²) in [5.74, 6) is -0.170. The highest BCUT2D eigenvalue weighted by Crippen LogP contribution is 2.17. The van der Waals surface area contributed by atoms with Crippen LogP contribution in [0.1, 0.15) is 16.2 Å². The first-order valence-electron chi connectivity index (χ1n) is 8.08. The minimum absolute atomic E-state index is 0.170. The van der Waals surface area contributed by atoms with E-state index < -0.39 is 0 Å². The third kappa shape index (κ3) is 3.03. The number of carbonyl (C=O) groups excluding carboxylic acids is 1. The first-order chi connectivity index (χ1) is 12.2. The molecule has 0 aliphatic rings. The summed E-state index contributed by atoms with van der Waals surface area (Å²) in [6.45, 7) is 0.515. The lowest BCUT2D eigenvalue weighted by atomic mass is 10.2. The number of aromatic nitrogens is 5. The average molecular weight is 334 g/mol. The van der Waals surface area contributed by atoms with Crippen LogP contribution in [0.3, 0.4) is 0 Å². The second-order valence-electron chi connectivity index (χ2n) is 5.88. The van der Waals surface area contributed by atoms with E-state index in [0.717, 1.165) is 22.7 Å². The molecule has 0 aromatic carbocycles. The van der Waals surface area contributed by atoms with Crippen molar-refractivity contribution in [3.8, 4) is 11.4 Å². The normalized spacial score (nSPS) is 11.1. The molecule has 0 aliphatic carbocycles. The lowest BCUT2D eigenvalue weighted by Crippen LogP contribution is -2.26. The third-order valence-electron chi connectivity index (χ3n) is 4.11. The van der Waals surface area contributed by atoms with Gasteiger partial charge in [0.05, 0.1) is 11.4 Å². The summed E-state index contributed by atoms with van der Waals surface area (Å²) in [4.78, 5) is 16.8. The summed E-state index contributed by atoms with van der Waals surface area (Å²) in [5, 5.41) is 9.91. The van der Waals surface area contributed by atoms with Crippen LogP contribution in [-0.4, -0.2) is 36.6 Å². The molecule has 2 N–H and O–H groups in total. The number of aromatic amines is 1. The van der Waals surface area contributed by atoms with Crippen molar-refractivity contribution in [3.05, 3.63) is 66.4 Å². The standard InChI is InChI=1S/C18H18N6O/c1-23-9-4-5-16(23)14-11-15(22-21-14)18(25)19-8-7-13-12-24-10-3-2-6-17(24)20-13/h2-6,9-12H,7-8H2,1H3,(H,19,25)(H,21,22). The van der Waals surface area contributed by atoms with Crippen LogP contribution in [0.4, 0.5) is 0 Å². The van der Waals surface area contributed by atoms with E-state index in [9.17, 15) is 4.79 Å². The lowest BCUT2D eigenvalue weighted by Gasteiger charge is -2.01. The van der Waals surface area contributed by atoms with Gasteiger partial charge in [0.1, 0.15) is 17.0 Å². The number of hydrogen-bond acceptors (Lipinski definition) is 3. The Balaban J connectivity index is 1.37. The number of amides is 1. The highest BCUT2D eigenvalue weighted by atomic mass is 16.1. The van der Waals surface area contributed by atoms with Crippen molar-refractivity contribution in [1.29, 1.82) is 0 Å². The number of pyridine rings is 1. The Morgan fingerprint density at radius 1 is 1.24 bits per heavy atom. The van der Waals surface area contributed by atoms with Crippen molar-refractivity contribution in [3.63, 3.8) is 0 Å². The maximum atomic E-state index is 12.3. The summed E-state index contributed by atoms with van der Waals surface area (Å²) >= 11 is 0. The van der Waals surface area contributed by atoms with Gasteiger partial charge < -0.3 is 14.3 Å². The second-order valence-corrected chi connectivity index (χ2v) is 5.88. The van der Waals surface area contributed by atoms with E-state index in [2.05, 4.69) is 20.5 Å². The van der Waals surface area contributed by atoms with E-state index in [1.54, 1.807) is 6.07 Å². The van der Waals surface area contributed by atoms with E-state index >= 15 is 0 Å². The van der Waals surface area contributed by atoms with Gasteiger partial charge in [-0.15, -0.1) is 0 Å². The highest BCUT2D eigenvalue weighted by molar-refractivity contribution is 5.93. The number of aryl methyl sites for hydroxylation is 1. The molecule has 0 unspecified atom stereocenters. The Labute approximate surface area is 144 Å². The fourth-order valence-corrected chi connectivity index (χ4v) is 2.80. The van der Waals surface area contributed by atoms with Crippen LogP contribution >= 0.6 is 0 Å². The first-order valence-corrected chi connectivity index (χ1v) is 8.08. The summed E-state index contributed by atoms with van der Waals surface area (Å²) in [6, 6.07) is 11.5. The van der Waals surface area contributed by atoms with Gasteiger partial charge in [-0.1, -0.05) is 6.07 Å². The molecule has 7 heteroatoms. The average Bonchev–Trinajstić information content (AvgIpc) is 3.32. The van der Waals surface area contributed by atoms with E-state index in [4.69, 9.17) is 0 Å². The van der Waals surface area contributed by atoms with Crippen LogP contribution in [0.15, 0.2) is 55.0 Å². The molecular formula is C18H18N6O. The topological polar surface area (TPSA) is 80.0 Å². The fourth-order valence-electron chi connectivity index (χ4n) is 2.80. The predicted molar refractivity (Wildman–Crippen MR) is 94.2 cm³/mol. The summed E-state index contributed by atoms with van der Waals surface area (Å²) in [5.41, 5.74) is 4.01. The quantitative estimate of drug-likeness (QED) is 0.586.